The van der Waals surface area contributed by atoms with E-state index in [9.17, 15) is 5.11 Å². The summed E-state index contributed by atoms with van der Waals surface area (Å²) in [7, 11) is 1.65. The van der Waals surface area contributed by atoms with E-state index in [0.717, 1.165) is 23.8 Å². The van der Waals surface area contributed by atoms with Gasteiger partial charge in [-0.25, -0.2) is 0 Å². The average Bonchev–Trinajstić information content (AvgIpc) is 2.42. The van der Waals surface area contributed by atoms with Crippen molar-refractivity contribution in [2.24, 2.45) is 5.92 Å². The zero-order valence-corrected chi connectivity index (χ0v) is 12.2. The molecular weight excluding hydrogens is 238 g/mol. The first-order chi connectivity index (χ1) is 9.11. The van der Waals surface area contributed by atoms with Crippen molar-refractivity contribution in [2.45, 2.75) is 38.8 Å². The molecule has 0 radical (unpaired) electrons. The Balaban J connectivity index is 2.05. The zero-order chi connectivity index (χ0) is 13.8. The molecule has 19 heavy (non-hydrogen) atoms. The lowest BCUT2D eigenvalue weighted by atomic mass is 9.94. The molecule has 1 aliphatic rings. The lowest BCUT2D eigenvalue weighted by molar-refractivity contribution is 0.0557. The van der Waals surface area contributed by atoms with Crippen molar-refractivity contribution in [3.8, 4) is 5.75 Å². The van der Waals surface area contributed by atoms with Crippen molar-refractivity contribution >= 4 is 0 Å². The molecule has 1 fully saturated rings. The summed E-state index contributed by atoms with van der Waals surface area (Å²) in [6.45, 7) is 6.30. The SMILES string of the molecule is COc1ccccc1C(O)CN1CC(C)CCC1C. The number of rotatable bonds is 4. The lowest BCUT2D eigenvalue weighted by Gasteiger charge is -2.38. The fourth-order valence-corrected chi connectivity index (χ4v) is 2.90. The van der Waals surface area contributed by atoms with E-state index in [1.807, 2.05) is 24.3 Å². The first kappa shape index (κ1) is 14.4. The van der Waals surface area contributed by atoms with Crippen LogP contribution in [-0.4, -0.2) is 36.2 Å². The van der Waals surface area contributed by atoms with Crippen molar-refractivity contribution in [3.63, 3.8) is 0 Å². The molecule has 3 nitrogen and oxygen atoms in total. The van der Waals surface area contributed by atoms with Crippen LogP contribution in [0.3, 0.4) is 0 Å². The molecule has 0 saturated carbocycles. The molecule has 0 bridgehead atoms. The summed E-state index contributed by atoms with van der Waals surface area (Å²) in [6, 6.07) is 8.28. The number of aliphatic hydroxyl groups excluding tert-OH is 1. The van der Waals surface area contributed by atoms with Gasteiger partial charge in [0.05, 0.1) is 13.2 Å². The molecule has 1 heterocycles. The minimum Gasteiger partial charge on any atom is -0.496 e. The summed E-state index contributed by atoms with van der Waals surface area (Å²) in [5.74, 6) is 1.49. The minimum atomic E-state index is -0.483. The molecule has 1 aliphatic heterocycles. The van der Waals surface area contributed by atoms with Crippen molar-refractivity contribution in [3.05, 3.63) is 29.8 Å². The van der Waals surface area contributed by atoms with Crippen LogP contribution in [0.15, 0.2) is 24.3 Å². The van der Waals surface area contributed by atoms with Gasteiger partial charge in [-0.05, 0) is 31.7 Å². The van der Waals surface area contributed by atoms with Crippen molar-refractivity contribution in [1.82, 2.24) is 4.90 Å². The number of hydrogen-bond donors (Lipinski definition) is 1. The first-order valence-corrected chi connectivity index (χ1v) is 7.16. The van der Waals surface area contributed by atoms with Crippen LogP contribution >= 0.6 is 0 Å². The number of β-amino-alcohol motifs (C(OH)–C–C–N with tert-alkyl or cyclic N) is 1. The van der Waals surface area contributed by atoms with Crippen LogP contribution in [0.25, 0.3) is 0 Å². The summed E-state index contributed by atoms with van der Waals surface area (Å²) in [6.07, 6.45) is 2.03. The van der Waals surface area contributed by atoms with Crippen LogP contribution in [-0.2, 0) is 0 Å². The Labute approximate surface area is 116 Å². The number of piperidine rings is 1. The highest BCUT2D eigenvalue weighted by Crippen LogP contribution is 2.28. The van der Waals surface area contributed by atoms with Gasteiger partial charge in [-0.3, -0.25) is 4.90 Å². The van der Waals surface area contributed by atoms with E-state index < -0.39 is 6.10 Å². The largest absolute Gasteiger partial charge is 0.496 e. The Morgan fingerprint density at radius 3 is 2.79 bits per heavy atom. The predicted octanol–water partition coefficient (Wildman–Crippen LogP) is 2.85. The summed E-state index contributed by atoms with van der Waals surface area (Å²) >= 11 is 0. The summed E-state index contributed by atoms with van der Waals surface area (Å²) in [5.41, 5.74) is 0.885. The summed E-state index contributed by atoms with van der Waals surface area (Å²) < 4.78 is 5.33. The number of para-hydroxylation sites is 1. The number of ether oxygens (including phenoxy) is 1. The third kappa shape index (κ3) is 3.48. The molecule has 3 heteroatoms. The summed E-state index contributed by atoms with van der Waals surface area (Å²) in [5, 5.41) is 10.5. The van der Waals surface area contributed by atoms with Gasteiger partial charge in [-0.15, -0.1) is 0 Å². The smallest absolute Gasteiger partial charge is 0.124 e. The second-order valence-corrected chi connectivity index (χ2v) is 5.74. The number of methoxy groups -OCH3 is 1. The van der Waals surface area contributed by atoms with Gasteiger partial charge in [0.2, 0.25) is 0 Å². The molecule has 3 atom stereocenters. The molecule has 1 aromatic carbocycles. The lowest BCUT2D eigenvalue weighted by Crippen LogP contribution is -2.43. The molecule has 0 amide bonds. The highest BCUT2D eigenvalue weighted by atomic mass is 16.5. The van der Waals surface area contributed by atoms with E-state index in [2.05, 4.69) is 18.7 Å². The Hall–Kier alpha value is -1.06. The molecular formula is C16H25NO2. The van der Waals surface area contributed by atoms with Gasteiger partial charge in [0.15, 0.2) is 0 Å². The number of hydrogen-bond acceptors (Lipinski definition) is 3. The maximum Gasteiger partial charge on any atom is 0.124 e. The van der Waals surface area contributed by atoms with E-state index in [0.29, 0.717) is 12.6 Å². The van der Waals surface area contributed by atoms with Crippen LogP contribution < -0.4 is 4.74 Å². The van der Waals surface area contributed by atoms with E-state index >= 15 is 0 Å². The van der Waals surface area contributed by atoms with Crippen molar-refractivity contribution < 1.29 is 9.84 Å². The fraction of sp³-hybridized carbons (Fsp3) is 0.625. The second kappa shape index (κ2) is 6.40. The van der Waals surface area contributed by atoms with Gasteiger partial charge in [0.1, 0.15) is 5.75 Å². The second-order valence-electron chi connectivity index (χ2n) is 5.74. The molecule has 3 unspecified atom stereocenters. The van der Waals surface area contributed by atoms with Gasteiger partial charge in [-0.1, -0.05) is 25.1 Å². The van der Waals surface area contributed by atoms with E-state index in [-0.39, 0.29) is 0 Å². The van der Waals surface area contributed by atoms with E-state index in [4.69, 9.17) is 4.74 Å². The molecule has 0 aliphatic carbocycles. The maximum absolute atomic E-state index is 10.5. The third-order valence-corrected chi connectivity index (χ3v) is 4.15. The van der Waals surface area contributed by atoms with Gasteiger partial charge in [0.25, 0.3) is 0 Å². The Morgan fingerprint density at radius 2 is 2.05 bits per heavy atom. The number of aliphatic hydroxyl groups is 1. The van der Waals surface area contributed by atoms with Crippen LogP contribution in [0.5, 0.6) is 5.75 Å². The van der Waals surface area contributed by atoms with Crippen molar-refractivity contribution in [2.75, 3.05) is 20.2 Å². The van der Waals surface area contributed by atoms with Gasteiger partial charge < -0.3 is 9.84 Å². The van der Waals surface area contributed by atoms with Crippen LogP contribution in [0, 0.1) is 5.92 Å². The quantitative estimate of drug-likeness (QED) is 0.906. The molecule has 2 rings (SSSR count). The number of nitrogens with zero attached hydrogens (tertiary/aromatic N) is 1. The zero-order valence-electron chi connectivity index (χ0n) is 12.2. The van der Waals surface area contributed by atoms with Crippen LogP contribution in [0.4, 0.5) is 0 Å². The highest BCUT2D eigenvalue weighted by molar-refractivity contribution is 5.35. The predicted molar refractivity (Wildman–Crippen MR) is 77.4 cm³/mol. The average molecular weight is 263 g/mol. The topological polar surface area (TPSA) is 32.7 Å². The Bertz CT molecular complexity index is 407. The normalized spacial score (nSPS) is 26.1. The summed E-state index contributed by atoms with van der Waals surface area (Å²) in [4.78, 5) is 2.39. The monoisotopic (exact) mass is 263 g/mol. The molecule has 1 N–H and O–H groups in total. The molecule has 1 aromatic rings. The van der Waals surface area contributed by atoms with E-state index in [1.54, 1.807) is 7.11 Å². The third-order valence-electron chi connectivity index (χ3n) is 4.15. The standard InChI is InChI=1S/C16H25NO2/c1-12-8-9-13(2)17(10-12)11-15(18)14-6-4-5-7-16(14)19-3/h4-7,12-13,15,18H,8-11H2,1-3H3. The molecule has 0 spiro atoms. The van der Waals surface area contributed by atoms with Crippen molar-refractivity contribution in [1.29, 1.82) is 0 Å². The van der Waals surface area contributed by atoms with E-state index in [1.165, 1.54) is 12.8 Å². The molecule has 106 valence electrons. The minimum absolute atomic E-state index is 0.483. The first-order valence-electron chi connectivity index (χ1n) is 7.16. The maximum atomic E-state index is 10.5. The van der Waals surface area contributed by atoms with Crippen LogP contribution in [0.2, 0.25) is 0 Å². The number of likely N-dealkylation sites (tertiary alicyclic amines) is 1. The van der Waals surface area contributed by atoms with Crippen LogP contribution in [0.1, 0.15) is 38.4 Å². The van der Waals surface area contributed by atoms with Gasteiger partial charge in [-0.2, -0.15) is 0 Å². The fourth-order valence-electron chi connectivity index (χ4n) is 2.90. The Morgan fingerprint density at radius 1 is 1.32 bits per heavy atom. The molecule has 0 aromatic heterocycles. The molecule has 1 saturated heterocycles. The van der Waals surface area contributed by atoms with Gasteiger partial charge >= 0.3 is 0 Å². The van der Waals surface area contributed by atoms with Gasteiger partial charge in [0, 0.05) is 24.7 Å². The Kier molecular flexibility index (Phi) is 4.83. The highest BCUT2D eigenvalue weighted by Gasteiger charge is 2.25. The number of benzene rings is 1.